The zero-order chi connectivity index (χ0) is 18.4. The molecule has 1 aromatic carbocycles. The minimum absolute atomic E-state index is 0.0445. The van der Waals surface area contributed by atoms with Gasteiger partial charge in [0.05, 0.1) is 10.4 Å². The smallest absolute Gasteiger partial charge is 0.293 e. The normalized spacial score (nSPS) is 15.1. The quantitative estimate of drug-likeness (QED) is 0.412. The van der Waals surface area contributed by atoms with Crippen LogP contribution in [0.4, 0.5) is 17.2 Å². The first kappa shape index (κ1) is 18.7. The number of aromatic nitrogens is 2. The van der Waals surface area contributed by atoms with Crippen LogP contribution < -0.4 is 10.6 Å². The topological polar surface area (TPSA) is 96.2 Å². The predicted octanol–water partition coefficient (Wildman–Crippen LogP) is 2.82. The van der Waals surface area contributed by atoms with Gasteiger partial charge < -0.3 is 15.5 Å². The van der Waals surface area contributed by atoms with Gasteiger partial charge in [-0.3, -0.25) is 10.1 Å². The molecule has 2 heterocycles. The Balaban J connectivity index is 1.71. The van der Waals surface area contributed by atoms with E-state index in [0.29, 0.717) is 29.0 Å². The van der Waals surface area contributed by atoms with Crippen molar-refractivity contribution in [2.24, 2.45) is 0 Å². The Kier molecular flexibility index (Phi) is 6.45. The molecule has 0 saturated carbocycles. The summed E-state index contributed by atoms with van der Waals surface area (Å²) < 4.78 is 0. The van der Waals surface area contributed by atoms with Gasteiger partial charge in [0.15, 0.2) is 0 Å². The Labute approximate surface area is 156 Å². The fourth-order valence-electron chi connectivity index (χ4n) is 3.05. The van der Waals surface area contributed by atoms with Gasteiger partial charge in [0.25, 0.3) is 5.69 Å². The second-order valence-corrected chi connectivity index (χ2v) is 7.36. The van der Waals surface area contributed by atoms with E-state index in [0.717, 1.165) is 32.6 Å². The Morgan fingerprint density at radius 1 is 1.27 bits per heavy atom. The van der Waals surface area contributed by atoms with Crippen molar-refractivity contribution >= 4 is 39.9 Å². The summed E-state index contributed by atoms with van der Waals surface area (Å²) in [4.78, 5) is 22.0. The van der Waals surface area contributed by atoms with Gasteiger partial charge in [0, 0.05) is 49.1 Å². The number of benzene rings is 1. The molecule has 1 aromatic heterocycles. The number of nitro groups is 1. The molecule has 2 N–H and O–H groups in total. The molecule has 0 atom stereocenters. The summed E-state index contributed by atoms with van der Waals surface area (Å²) in [5.74, 6) is 3.07. The summed E-state index contributed by atoms with van der Waals surface area (Å²) in [5, 5.41) is 18.4. The number of nitrogens with one attached hydrogen (secondary N) is 2. The van der Waals surface area contributed by atoms with Crippen LogP contribution in [0.5, 0.6) is 0 Å². The Morgan fingerprint density at radius 3 is 2.81 bits per heavy atom. The van der Waals surface area contributed by atoms with Gasteiger partial charge in [-0.25, -0.2) is 9.97 Å². The van der Waals surface area contributed by atoms with E-state index in [1.165, 1.54) is 17.8 Å². The summed E-state index contributed by atoms with van der Waals surface area (Å²) in [6, 6.07) is 3.27. The van der Waals surface area contributed by atoms with Gasteiger partial charge >= 0.3 is 0 Å². The molecule has 1 saturated heterocycles. The number of fused-ring (bicyclic) bond motifs is 1. The van der Waals surface area contributed by atoms with E-state index in [2.05, 4.69) is 25.5 Å². The zero-order valence-electron chi connectivity index (χ0n) is 14.9. The van der Waals surface area contributed by atoms with Crippen molar-refractivity contribution < 1.29 is 4.92 Å². The lowest BCUT2D eigenvalue weighted by molar-refractivity contribution is -0.383. The molecule has 1 aliphatic rings. The van der Waals surface area contributed by atoms with Crippen LogP contribution in [0.2, 0.25) is 0 Å². The molecule has 8 nitrogen and oxygen atoms in total. The number of nitrogens with zero attached hydrogens (tertiary/aromatic N) is 4. The van der Waals surface area contributed by atoms with E-state index >= 15 is 0 Å². The monoisotopic (exact) mass is 376 g/mol. The average Bonchev–Trinajstić information content (AvgIpc) is 2.65. The predicted molar refractivity (Wildman–Crippen MR) is 107 cm³/mol. The maximum absolute atomic E-state index is 11.4. The summed E-state index contributed by atoms with van der Waals surface area (Å²) in [6.45, 7) is 6.65. The number of nitro benzene ring substituents is 1. The van der Waals surface area contributed by atoms with Crippen molar-refractivity contribution in [3.05, 3.63) is 28.6 Å². The molecule has 26 heavy (non-hydrogen) atoms. The van der Waals surface area contributed by atoms with Crippen LogP contribution in [-0.2, 0) is 0 Å². The van der Waals surface area contributed by atoms with Gasteiger partial charge in [-0.2, -0.15) is 11.8 Å². The van der Waals surface area contributed by atoms with Crippen molar-refractivity contribution in [1.82, 2.24) is 14.9 Å². The minimum Gasteiger partial charge on any atom is -0.380 e. The van der Waals surface area contributed by atoms with E-state index in [-0.39, 0.29) is 10.6 Å². The van der Waals surface area contributed by atoms with E-state index in [1.807, 2.05) is 18.7 Å². The third kappa shape index (κ3) is 4.53. The first-order valence-corrected chi connectivity index (χ1v) is 10.1. The van der Waals surface area contributed by atoms with Crippen molar-refractivity contribution in [2.45, 2.75) is 13.3 Å². The third-order valence-corrected chi connectivity index (χ3v) is 5.31. The average molecular weight is 376 g/mol. The highest BCUT2D eigenvalue weighted by Gasteiger charge is 2.17. The van der Waals surface area contributed by atoms with Crippen LogP contribution in [-0.4, -0.2) is 64.0 Å². The molecule has 0 spiro atoms. The maximum atomic E-state index is 11.4. The molecule has 0 aliphatic carbocycles. The third-order valence-electron chi connectivity index (χ3n) is 4.36. The standard InChI is InChI=1S/C17H24N6O2S/c1-2-18-15-11-14-13(10-16(15)23(24)25)17(21-12-20-14)19-4-3-5-22-6-8-26-9-7-22/h10-12,18H,2-9H2,1H3,(H,19,20,21). The molecule has 0 amide bonds. The summed E-state index contributed by atoms with van der Waals surface area (Å²) in [6.07, 6.45) is 2.50. The second kappa shape index (κ2) is 9.00. The number of anilines is 2. The van der Waals surface area contributed by atoms with Crippen LogP contribution in [0.3, 0.4) is 0 Å². The van der Waals surface area contributed by atoms with Gasteiger partial charge in [0.2, 0.25) is 0 Å². The van der Waals surface area contributed by atoms with Crippen LogP contribution in [0.15, 0.2) is 18.5 Å². The number of hydrogen-bond acceptors (Lipinski definition) is 8. The highest BCUT2D eigenvalue weighted by atomic mass is 32.2. The van der Waals surface area contributed by atoms with Gasteiger partial charge in [-0.1, -0.05) is 0 Å². The molecule has 1 aliphatic heterocycles. The van der Waals surface area contributed by atoms with Crippen LogP contribution >= 0.6 is 11.8 Å². The van der Waals surface area contributed by atoms with E-state index < -0.39 is 0 Å². The molecular weight excluding hydrogens is 352 g/mol. The van der Waals surface area contributed by atoms with Crippen molar-refractivity contribution in [1.29, 1.82) is 0 Å². The summed E-state index contributed by atoms with van der Waals surface area (Å²) >= 11 is 2.01. The maximum Gasteiger partial charge on any atom is 0.293 e. The molecule has 0 bridgehead atoms. The first-order chi connectivity index (χ1) is 12.7. The van der Waals surface area contributed by atoms with Crippen molar-refractivity contribution in [2.75, 3.05) is 54.9 Å². The van der Waals surface area contributed by atoms with Gasteiger partial charge in [0.1, 0.15) is 17.8 Å². The van der Waals surface area contributed by atoms with Gasteiger partial charge in [-0.15, -0.1) is 0 Å². The van der Waals surface area contributed by atoms with E-state index in [1.54, 1.807) is 12.1 Å². The van der Waals surface area contributed by atoms with E-state index in [4.69, 9.17) is 0 Å². The van der Waals surface area contributed by atoms with Gasteiger partial charge in [-0.05, 0) is 26.0 Å². The molecule has 2 aromatic rings. The highest BCUT2D eigenvalue weighted by Crippen LogP contribution is 2.31. The zero-order valence-corrected chi connectivity index (χ0v) is 15.7. The Morgan fingerprint density at radius 2 is 2.08 bits per heavy atom. The summed E-state index contributed by atoms with van der Waals surface area (Å²) in [7, 11) is 0. The summed E-state index contributed by atoms with van der Waals surface area (Å²) in [5.41, 5.74) is 1.22. The number of thioether (sulfide) groups is 1. The molecule has 9 heteroatoms. The molecule has 140 valence electrons. The lowest BCUT2D eigenvalue weighted by Crippen LogP contribution is -2.34. The fraction of sp³-hybridized carbons (Fsp3) is 0.529. The molecule has 0 radical (unpaired) electrons. The molecular formula is C17H24N6O2S. The minimum atomic E-state index is -0.372. The van der Waals surface area contributed by atoms with Crippen molar-refractivity contribution in [3.8, 4) is 0 Å². The lowest BCUT2D eigenvalue weighted by atomic mass is 10.1. The number of rotatable bonds is 8. The fourth-order valence-corrected chi connectivity index (χ4v) is 4.03. The van der Waals surface area contributed by atoms with Crippen LogP contribution in [0.1, 0.15) is 13.3 Å². The number of hydrogen-bond donors (Lipinski definition) is 2. The molecule has 3 rings (SSSR count). The van der Waals surface area contributed by atoms with Crippen molar-refractivity contribution in [3.63, 3.8) is 0 Å². The van der Waals surface area contributed by atoms with Crippen LogP contribution in [0.25, 0.3) is 10.9 Å². The molecule has 0 unspecified atom stereocenters. The second-order valence-electron chi connectivity index (χ2n) is 6.13. The highest BCUT2D eigenvalue weighted by molar-refractivity contribution is 7.99. The Bertz CT molecular complexity index is 766. The largest absolute Gasteiger partial charge is 0.380 e. The van der Waals surface area contributed by atoms with E-state index in [9.17, 15) is 10.1 Å². The van der Waals surface area contributed by atoms with Crippen LogP contribution in [0, 0.1) is 10.1 Å². The SMILES string of the molecule is CCNc1cc2ncnc(NCCCN3CCSCC3)c2cc1[N+](=O)[O-]. The lowest BCUT2D eigenvalue weighted by Gasteiger charge is -2.26. The Hall–Kier alpha value is -2.13. The first-order valence-electron chi connectivity index (χ1n) is 8.90. The molecule has 1 fully saturated rings.